The first kappa shape index (κ1) is 9.54. The second-order valence-corrected chi connectivity index (χ2v) is 4.00. The van der Waals surface area contributed by atoms with Gasteiger partial charge in [-0.05, 0) is 32.1 Å². The van der Waals surface area contributed by atoms with Crippen molar-refractivity contribution in [1.82, 2.24) is 0 Å². The van der Waals surface area contributed by atoms with Crippen molar-refractivity contribution in [1.29, 1.82) is 5.26 Å². The minimum Gasteiger partial charge on any atom is -0.390 e. The smallest absolute Gasteiger partial charge is 0.0648 e. The molecule has 0 saturated heterocycles. The van der Waals surface area contributed by atoms with Crippen LogP contribution in [0.3, 0.4) is 0 Å². The van der Waals surface area contributed by atoms with Gasteiger partial charge in [-0.25, -0.2) is 0 Å². The summed E-state index contributed by atoms with van der Waals surface area (Å²) in [6.07, 6.45) is 5.80. The molecule has 0 radical (unpaired) electrons. The fourth-order valence-corrected chi connectivity index (χ4v) is 2.08. The van der Waals surface area contributed by atoms with E-state index in [4.69, 9.17) is 5.26 Å². The predicted molar refractivity (Wildman–Crippen MR) is 47.4 cm³/mol. The van der Waals surface area contributed by atoms with Gasteiger partial charge in [0.25, 0.3) is 0 Å². The lowest BCUT2D eigenvalue weighted by Gasteiger charge is -2.36. The summed E-state index contributed by atoms with van der Waals surface area (Å²) >= 11 is 0. The van der Waals surface area contributed by atoms with Crippen LogP contribution < -0.4 is 0 Å². The Morgan fingerprint density at radius 1 is 1.58 bits per heavy atom. The molecule has 0 aromatic rings. The van der Waals surface area contributed by atoms with E-state index in [9.17, 15) is 5.11 Å². The van der Waals surface area contributed by atoms with Crippen LogP contribution in [0.2, 0.25) is 0 Å². The molecule has 0 aromatic heterocycles. The number of nitriles is 1. The molecule has 0 aliphatic heterocycles. The average Bonchev–Trinajstić information content (AvgIpc) is 2.02. The van der Waals surface area contributed by atoms with Crippen molar-refractivity contribution in [2.75, 3.05) is 0 Å². The van der Waals surface area contributed by atoms with E-state index in [1.54, 1.807) is 0 Å². The first-order valence-corrected chi connectivity index (χ1v) is 4.76. The van der Waals surface area contributed by atoms with E-state index in [-0.39, 0.29) is 0 Å². The maximum atomic E-state index is 9.95. The normalized spacial score (nSPS) is 35.9. The minimum absolute atomic E-state index is 0.353. The van der Waals surface area contributed by atoms with E-state index in [1.165, 1.54) is 6.42 Å². The van der Waals surface area contributed by atoms with Crippen LogP contribution in [0.25, 0.3) is 0 Å². The van der Waals surface area contributed by atoms with Gasteiger partial charge in [0.1, 0.15) is 0 Å². The van der Waals surface area contributed by atoms with Crippen LogP contribution in [-0.4, -0.2) is 10.7 Å². The molecule has 1 saturated carbocycles. The lowest BCUT2D eigenvalue weighted by Crippen LogP contribution is -2.37. The molecule has 12 heavy (non-hydrogen) atoms. The van der Waals surface area contributed by atoms with Gasteiger partial charge in [-0.3, -0.25) is 0 Å². The van der Waals surface area contributed by atoms with E-state index in [2.05, 4.69) is 6.07 Å². The highest BCUT2D eigenvalue weighted by Crippen LogP contribution is 2.35. The fourth-order valence-electron chi connectivity index (χ4n) is 2.08. The Balaban J connectivity index is 2.44. The topological polar surface area (TPSA) is 44.0 Å². The van der Waals surface area contributed by atoms with Crippen LogP contribution in [0.15, 0.2) is 0 Å². The van der Waals surface area contributed by atoms with Gasteiger partial charge in [0, 0.05) is 6.42 Å². The summed E-state index contributed by atoms with van der Waals surface area (Å²) in [5.41, 5.74) is -0.505. The Morgan fingerprint density at radius 2 is 2.33 bits per heavy atom. The van der Waals surface area contributed by atoms with Crippen molar-refractivity contribution in [3.8, 4) is 6.07 Å². The van der Waals surface area contributed by atoms with Crippen molar-refractivity contribution in [3.05, 3.63) is 0 Å². The van der Waals surface area contributed by atoms with E-state index in [0.29, 0.717) is 12.3 Å². The van der Waals surface area contributed by atoms with Crippen LogP contribution in [0.1, 0.15) is 45.4 Å². The molecular weight excluding hydrogens is 150 g/mol. The van der Waals surface area contributed by atoms with Crippen molar-refractivity contribution >= 4 is 0 Å². The molecule has 1 aliphatic rings. The molecule has 68 valence electrons. The molecule has 0 spiro atoms. The third-order valence-electron chi connectivity index (χ3n) is 2.97. The molecule has 1 aliphatic carbocycles. The van der Waals surface area contributed by atoms with Gasteiger partial charge in [0.2, 0.25) is 0 Å². The SMILES string of the molecule is CC1(O)CCCCC1CCC#N. The molecule has 1 N–H and O–H groups in total. The van der Waals surface area contributed by atoms with E-state index in [0.717, 1.165) is 25.7 Å². The van der Waals surface area contributed by atoms with Crippen molar-refractivity contribution < 1.29 is 5.11 Å². The summed E-state index contributed by atoms with van der Waals surface area (Å²) in [6, 6.07) is 2.14. The minimum atomic E-state index is -0.505. The maximum Gasteiger partial charge on any atom is 0.0648 e. The van der Waals surface area contributed by atoms with Gasteiger partial charge in [0.05, 0.1) is 11.7 Å². The second kappa shape index (κ2) is 3.91. The van der Waals surface area contributed by atoms with Gasteiger partial charge >= 0.3 is 0 Å². The zero-order chi connectivity index (χ0) is 9.03. The number of hydrogen-bond donors (Lipinski definition) is 1. The summed E-state index contributed by atoms with van der Waals surface area (Å²) in [7, 11) is 0. The highest BCUT2D eigenvalue weighted by molar-refractivity contribution is 4.87. The van der Waals surface area contributed by atoms with E-state index < -0.39 is 5.60 Å². The molecule has 0 heterocycles. The van der Waals surface area contributed by atoms with Crippen LogP contribution in [-0.2, 0) is 0 Å². The third kappa shape index (κ3) is 2.22. The van der Waals surface area contributed by atoms with Gasteiger partial charge < -0.3 is 5.11 Å². The Labute approximate surface area is 74.2 Å². The number of nitrogens with zero attached hydrogens (tertiary/aromatic N) is 1. The van der Waals surface area contributed by atoms with E-state index >= 15 is 0 Å². The summed E-state index contributed by atoms with van der Waals surface area (Å²) in [5, 5.41) is 18.4. The molecule has 2 heteroatoms. The van der Waals surface area contributed by atoms with Crippen molar-refractivity contribution in [3.63, 3.8) is 0 Å². The molecule has 2 unspecified atom stereocenters. The van der Waals surface area contributed by atoms with Gasteiger partial charge in [0.15, 0.2) is 0 Å². The van der Waals surface area contributed by atoms with Crippen LogP contribution in [0, 0.1) is 17.2 Å². The third-order valence-corrected chi connectivity index (χ3v) is 2.97. The Morgan fingerprint density at radius 3 is 2.92 bits per heavy atom. The molecular formula is C10H17NO. The molecule has 0 bridgehead atoms. The quantitative estimate of drug-likeness (QED) is 0.685. The predicted octanol–water partition coefficient (Wildman–Crippen LogP) is 2.23. The highest BCUT2D eigenvalue weighted by Gasteiger charge is 2.33. The molecule has 0 aromatic carbocycles. The molecule has 2 nitrogen and oxygen atoms in total. The largest absolute Gasteiger partial charge is 0.390 e. The summed E-state index contributed by atoms with van der Waals surface area (Å²) in [4.78, 5) is 0. The molecule has 2 atom stereocenters. The summed E-state index contributed by atoms with van der Waals surface area (Å²) in [6.45, 7) is 1.91. The van der Waals surface area contributed by atoms with Gasteiger partial charge in [-0.2, -0.15) is 5.26 Å². The van der Waals surface area contributed by atoms with Crippen molar-refractivity contribution in [2.45, 2.75) is 51.0 Å². The monoisotopic (exact) mass is 167 g/mol. The molecule has 1 rings (SSSR count). The first-order chi connectivity index (χ1) is 5.67. The average molecular weight is 167 g/mol. The number of rotatable bonds is 2. The van der Waals surface area contributed by atoms with Crippen LogP contribution in [0.4, 0.5) is 0 Å². The zero-order valence-electron chi connectivity index (χ0n) is 7.71. The number of aliphatic hydroxyl groups is 1. The Bertz CT molecular complexity index is 181. The van der Waals surface area contributed by atoms with Crippen molar-refractivity contribution in [2.24, 2.45) is 5.92 Å². The van der Waals surface area contributed by atoms with Gasteiger partial charge in [-0.15, -0.1) is 0 Å². The highest BCUT2D eigenvalue weighted by atomic mass is 16.3. The van der Waals surface area contributed by atoms with E-state index in [1.807, 2.05) is 6.92 Å². The standard InChI is InChI=1S/C10H17NO/c1-10(12)7-3-2-5-9(10)6-4-8-11/h9,12H,2-7H2,1H3. The molecule has 1 fully saturated rings. The number of hydrogen-bond acceptors (Lipinski definition) is 2. The van der Waals surface area contributed by atoms with Crippen LogP contribution in [0.5, 0.6) is 0 Å². The molecule has 0 amide bonds. The zero-order valence-corrected chi connectivity index (χ0v) is 7.71. The fraction of sp³-hybridized carbons (Fsp3) is 0.900. The maximum absolute atomic E-state index is 9.95. The summed E-state index contributed by atoms with van der Waals surface area (Å²) in [5.74, 6) is 0.353. The second-order valence-electron chi connectivity index (χ2n) is 4.00. The van der Waals surface area contributed by atoms with Crippen LogP contribution >= 0.6 is 0 Å². The Kier molecular flexibility index (Phi) is 3.11. The first-order valence-electron chi connectivity index (χ1n) is 4.76. The lowest BCUT2D eigenvalue weighted by molar-refractivity contribution is -0.0343. The summed E-state index contributed by atoms with van der Waals surface area (Å²) < 4.78 is 0. The lowest BCUT2D eigenvalue weighted by atomic mass is 9.74. The van der Waals surface area contributed by atoms with Gasteiger partial charge in [-0.1, -0.05) is 12.8 Å². The Hall–Kier alpha value is -0.550.